The number of rotatable bonds is 4. The smallest absolute Gasteiger partial charge is 0.270 e. The number of hydrogen-bond donors (Lipinski definition) is 1. The number of hydrogen-bond acceptors (Lipinski definition) is 2. The first-order chi connectivity index (χ1) is 9.90. The van der Waals surface area contributed by atoms with Gasteiger partial charge in [-0.2, -0.15) is 0 Å². The number of nitrogens with one attached hydrogen (secondary N) is 1. The van der Waals surface area contributed by atoms with Crippen LogP contribution in [0.5, 0.6) is 0 Å². The molecule has 0 aliphatic heterocycles. The molecule has 0 saturated heterocycles. The van der Waals surface area contributed by atoms with Gasteiger partial charge in [0.15, 0.2) is 5.78 Å². The second-order valence-corrected chi connectivity index (χ2v) is 5.44. The van der Waals surface area contributed by atoms with E-state index in [4.69, 9.17) is 11.6 Å². The van der Waals surface area contributed by atoms with Gasteiger partial charge in [-0.1, -0.05) is 23.7 Å². The van der Waals surface area contributed by atoms with Gasteiger partial charge in [-0.15, -0.1) is 0 Å². The minimum absolute atomic E-state index is 0.0706. The Kier molecular flexibility index (Phi) is 4.48. The Morgan fingerprint density at radius 2 is 1.86 bits per heavy atom. The molecule has 1 amide bonds. The van der Waals surface area contributed by atoms with Gasteiger partial charge in [0.2, 0.25) is 0 Å². The maximum absolute atomic E-state index is 12.4. The first-order valence-corrected chi connectivity index (χ1v) is 7.00. The first kappa shape index (κ1) is 15.3. The summed E-state index contributed by atoms with van der Waals surface area (Å²) in [5, 5.41) is 0.662. The fraction of sp³-hybridized carbons (Fsp3) is 0.250. The number of amides is 1. The zero-order valence-corrected chi connectivity index (χ0v) is 12.9. The summed E-state index contributed by atoms with van der Waals surface area (Å²) in [4.78, 5) is 28.2. The maximum Gasteiger partial charge on any atom is 0.270 e. The normalized spacial score (nSPS) is 12.0. The van der Waals surface area contributed by atoms with Crippen molar-refractivity contribution in [2.75, 3.05) is 7.05 Å². The van der Waals surface area contributed by atoms with E-state index in [2.05, 4.69) is 4.98 Å². The number of carbonyl (C=O) groups is 2. The van der Waals surface area contributed by atoms with Gasteiger partial charge in [-0.05, 0) is 37.6 Å². The highest BCUT2D eigenvalue weighted by molar-refractivity contribution is 6.30. The highest BCUT2D eigenvalue weighted by Crippen LogP contribution is 2.22. The lowest BCUT2D eigenvalue weighted by Gasteiger charge is -2.25. The maximum atomic E-state index is 12.4. The van der Waals surface area contributed by atoms with Gasteiger partial charge >= 0.3 is 0 Å². The number of aromatic amines is 1. The Bertz CT molecular complexity index is 661. The number of nitrogens with zero attached hydrogens (tertiary/aromatic N) is 1. The number of H-pyrrole nitrogens is 1. The molecule has 2 rings (SSSR count). The summed E-state index contributed by atoms with van der Waals surface area (Å²) in [6.45, 7) is 3.41. The van der Waals surface area contributed by atoms with Crippen molar-refractivity contribution in [3.05, 3.63) is 58.4 Å². The summed E-state index contributed by atoms with van der Waals surface area (Å²) in [7, 11) is 1.73. The van der Waals surface area contributed by atoms with Gasteiger partial charge in [0.1, 0.15) is 5.69 Å². The van der Waals surface area contributed by atoms with Crippen LogP contribution in [0.4, 0.5) is 0 Å². The van der Waals surface area contributed by atoms with Crippen molar-refractivity contribution in [1.82, 2.24) is 9.88 Å². The van der Waals surface area contributed by atoms with Crippen LogP contribution in [0.25, 0.3) is 0 Å². The fourth-order valence-electron chi connectivity index (χ4n) is 2.05. The summed E-state index contributed by atoms with van der Waals surface area (Å²) >= 11 is 5.87. The molecule has 110 valence electrons. The van der Waals surface area contributed by atoms with Crippen LogP contribution in [-0.4, -0.2) is 28.6 Å². The summed E-state index contributed by atoms with van der Waals surface area (Å²) in [6.07, 6.45) is 1.55. The monoisotopic (exact) mass is 304 g/mol. The standard InChI is InChI=1S/C16H17ClN2O2/c1-10(12-4-6-14(17)7-5-12)19(3)16(21)15-8-13(9-18-15)11(2)20/h4-10,18H,1-3H3. The minimum atomic E-state index is -0.162. The predicted octanol–water partition coefficient (Wildman–Crippen LogP) is 3.70. The Balaban J connectivity index is 2.17. The van der Waals surface area contributed by atoms with E-state index in [0.29, 0.717) is 16.3 Å². The zero-order valence-electron chi connectivity index (χ0n) is 12.2. The van der Waals surface area contributed by atoms with Crippen molar-refractivity contribution >= 4 is 23.3 Å². The summed E-state index contributed by atoms with van der Waals surface area (Å²) in [6, 6.07) is 8.87. The van der Waals surface area contributed by atoms with Crippen LogP contribution in [0.15, 0.2) is 36.5 Å². The molecule has 2 aromatic rings. The van der Waals surface area contributed by atoms with Crippen molar-refractivity contribution in [2.24, 2.45) is 0 Å². The Morgan fingerprint density at radius 3 is 2.38 bits per heavy atom. The highest BCUT2D eigenvalue weighted by atomic mass is 35.5. The van der Waals surface area contributed by atoms with Crippen molar-refractivity contribution < 1.29 is 9.59 Å². The van der Waals surface area contributed by atoms with Gasteiger partial charge in [-0.25, -0.2) is 0 Å². The first-order valence-electron chi connectivity index (χ1n) is 6.62. The third kappa shape index (κ3) is 3.34. The molecule has 0 spiro atoms. The van der Waals surface area contributed by atoms with Crippen LogP contribution in [0.1, 0.15) is 46.3 Å². The molecule has 0 radical (unpaired) electrons. The quantitative estimate of drug-likeness (QED) is 0.876. The average molecular weight is 305 g/mol. The van der Waals surface area contributed by atoms with E-state index in [1.807, 2.05) is 19.1 Å². The number of benzene rings is 1. The van der Waals surface area contributed by atoms with Crippen molar-refractivity contribution in [2.45, 2.75) is 19.9 Å². The molecule has 1 atom stereocenters. The lowest BCUT2D eigenvalue weighted by molar-refractivity contribution is 0.0737. The van der Waals surface area contributed by atoms with Gasteiger partial charge in [0.25, 0.3) is 5.91 Å². The van der Waals surface area contributed by atoms with Crippen LogP contribution in [0.3, 0.4) is 0 Å². The minimum Gasteiger partial charge on any atom is -0.356 e. The second-order valence-electron chi connectivity index (χ2n) is 5.00. The van der Waals surface area contributed by atoms with Crippen LogP contribution >= 0.6 is 11.6 Å². The van der Waals surface area contributed by atoms with Crippen LogP contribution in [-0.2, 0) is 0 Å². The fourth-order valence-corrected chi connectivity index (χ4v) is 2.18. The SMILES string of the molecule is CC(=O)c1c[nH]c(C(=O)N(C)C(C)c2ccc(Cl)cc2)c1. The third-order valence-electron chi connectivity index (χ3n) is 3.57. The lowest BCUT2D eigenvalue weighted by atomic mass is 10.1. The number of carbonyl (C=O) groups excluding carboxylic acids is 2. The molecular formula is C16H17ClN2O2. The van der Waals surface area contributed by atoms with Gasteiger partial charge in [-0.3, -0.25) is 9.59 Å². The van der Waals surface area contributed by atoms with Crippen LogP contribution in [0.2, 0.25) is 5.02 Å². The van der Waals surface area contributed by atoms with E-state index in [0.717, 1.165) is 5.56 Å². The van der Waals surface area contributed by atoms with E-state index in [1.54, 1.807) is 36.3 Å². The average Bonchev–Trinajstić information content (AvgIpc) is 2.96. The third-order valence-corrected chi connectivity index (χ3v) is 3.83. The molecular weight excluding hydrogens is 288 g/mol. The molecule has 4 nitrogen and oxygen atoms in total. The largest absolute Gasteiger partial charge is 0.356 e. The zero-order chi connectivity index (χ0) is 15.6. The molecule has 1 N–H and O–H groups in total. The van der Waals surface area contributed by atoms with E-state index < -0.39 is 0 Å². The molecule has 0 fully saturated rings. The van der Waals surface area contributed by atoms with E-state index in [9.17, 15) is 9.59 Å². The summed E-state index contributed by atoms with van der Waals surface area (Å²) in [5.74, 6) is -0.233. The number of halogens is 1. The topological polar surface area (TPSA) is 53.2 Å². The van der Waals surface area contributed by atoms with E-state index >= 15 is 0 Å². The Morgan fingerprint density at radius 1 is 1.24 bits per heavy atom. The molecule has 0 aliphatic carbocycles. The van der Waals surface area contributed by atoms with E-state index in [-0.39, 0.29) is 17.7 Å². The molecule has 1 heterocycles. The molecule has 1 unspecified atom stereocenters. The molecule has 21 heavy (non-hydrogen) atoms. The van der Waals surface area contributed by atoms with Crippen molar-refractivity contribution in [3.8, 4) is 0 Å². The predicted molar refractivity (Wildman–Crippen MR) is 82.8 cm³/mol. The summed E-state index contributed by atoms with van der Waals surface area (Å²) in [5.41, 5.74) is 1.91. The van der Waals surface area contributed by atoms with Crippen molar-refractivity contribution in [1.29, 1.82) is 0 Å². The number of ketones is 1. The van der Waals surface area contributed by atoms with E-state index in [1.165, 1.54) is 6.92 Å². The second kappa shape index (κ2) is 6.14. The van der Waals surface area contributed by atoms with Crippen molar-refractivity contribution in [3.63, 3.8) is 0 Å². The Hall–Kier alpha value is -2.07. The van der Waals surface area contributed by atoms with Gasteiger partial charge < -0.3 is 9.88 Å². The number of aromatic nitrogens is 1. The number of Topliss-reactive ketones (excluding diaryl/α,β-unsaturated/α-hetero) is 1. The molecule has 0 saturated carbocycles. The molecule has 0 aliphatic rings. The Labute approximate surface area is 128 Å². The molecule has 5 heteroatoms. The lowest BCUT2D eigenvalue weighted by Crippen LogP contribution is -2.29. The van der Waals surface area contributed by atoms with Gasteiger partial charge in [0, 0.05) is 23.8 Å². The van der Waals surface area contributed by atoms with Gasteiger partial charge in [0.05, 0.1) is 6.04 Å². The molecule has 1 aromatic heterocycles. The molecule has 1 aromatic carbocycles. The molecule has 0 bridgehead atoms. The van der Waals surface area contributed by atoms with Crippen LogP contribution in [0, 0.1) is 0 Å². The highest BCUT2D eigenvalue weighted by Gasteiger charge is 2.20. The summed E-state index contributed by atoms with van der Waals surface area (Å²) < 4.78 is 0. The van der Waals surface area contributed by atoms with Crippen LogP contribution < -0.4 is 0 Å².